The summed E-state index contributed by atoms with van der Waals surface area (Å²) in [5.41, 5.74) is 9.78. The second-order valence-electron chi connectivity index (χ2n) is 7.49. The van der Waals surface area contributed by atoms with Crippen LogP contribution in [0.5, 0.6) is 11.5 Å². The van der Waals surface area contributed by atoms with Crippen LogP contribution in [0.25, 0.3) is 0 Å². The van der Waals surface area contributed by atoms with Gasteiger partial charge in [0.25, 0.3) is 0 Å². The lowest BCUT2D eigenvalue weighted by molar-refractivity contribution is 0.297. The Hall–Kier alpha value is -1.48. The van der Waals surface area contributed by atoms with Crippen molar-refractivity contribution in [2.45, 2.75) is 84.1 Å². The average Bonchev–Trinajstić information content (AvgIpc) is 2.58. The molecule has 0 aromatic heterocycles. The molecule has 25 heavy (non-hydrogen) atoms. The molecule has 2 rings (SSSR count). The van der Waals surface area contributed by atoms with Gasteiger partial charge < -0.3 is 15.6 Å². The molecule has 3 N–H and O–H groups in total. The first-order valence-electron chi connectivity index (χ1n) is 9.89. The van der Waals surface area contributed by atoms with Crippen LogP contribution in [0.1, 0.15) is 83.3 Å². The van der Waals surface area contributed by atoms with Crippen LogP contribution in [-0.4, -0.2) is 17.3 Å². The van der Waals surface area contributed by atoms with E-state index in [0.717, 1.165) is 49.0 Å². The molecule has 140 valence electrons. The van der Waals surface area contributed by atoms with Gasteiger partial charge in [-0.1, -0.05) is 38.3 Å². The van der Waals surface area contributed by atoms with Crippen molar-refractivity contribution in [1.82, 2.24) is 0 Å². The zero-order valence-electron chi connectivity index (χ0n) is 16.4. The van der Waals surface area contributed by atoms with Crippen LogP contribution in [-0.2, 0) is 6.42 Å². The van der Waals surface area contributed by atoms with Gasteiger partial charge >= 0.3 is 0 Å². The number of ether oxygens (including phenoxy) is 1. The molecule has 1 aliphatic rings. The SMILES string of the molecule is CCCCCc1cc(O)c([C@@H]2C=C(C)CC[C@@]2(N)CC)c(OCC)c1. The first-order valence-corrected chi connectivity index (χ1v) is 9.89. The molecule has 1 aliphatic carbocycles. The van der Waals surface area contributed by atoms with Gasteiger partial charge in [0, 0.05) is 17.0 Å². The van der Waals surface area contributed by atoms with Crippen molar-refractivity contribution >= 4 is 0 Å². The highest BCUT2D eigenvalue weighted by molar-refractivity contribution is 5.53. The Kier molecular flexibility index (Phi) is 6.95. The van der Waals surface area contributed by atoms with Crippen molar-refractivity contribution < 1.29 is 9.84 Å². The number of phenolic OH excluding ortho intramolecular Hbond substituents is 1. The van der Waals surface area contributed by atoms with Crippen LogP contribution >= 0.6 is 0 Å². The number of hydrogen-bond donors (Lipinski definition) is 2. The minimum absolute atomic E-state index is 0.00232. The Balaban J connectivity index is 2.45. The summed E-state index contributed by atoms with van der Waals surface area (Å²) in [7, 11) is 0. The monoisotopic (exact) mass is 345 g/mol. The zero-order valence-corrected chi connectivity index (χ0v) is 16.4. The molecular formula is C22H35NO2. The first-order chi connectivity index (χ1) is 11.9. The van der Waals surface area contributed by atoms with Crippen molar-refractivity contribution in [3.63, 3.8) is 0 Å². The summed E-state index contributed by atoms with van der Waals surface area (Å²) < 4.78 is 5.95. The highest BCUT2D eigenvalue weighted by atomic mass is 16.5. The predicted molar refractivity (Wildman–Crippen MR) is 105 cm³/mol. The normalized spacial score (nSPS) is 23.4. The fourth-order valence-corrected chi connectivity index (χ4v) is 3.87. The number of hydrogen-bond acceptors (Lipinski definition) is 3. The third-order valence-corrected chi connectivity index (χ3v) is 5.57. The van der Waals surface area contributed by atoms with Crippen molar-refractivity contribution in [3.8, 4) is 11.5 Å². The van der Waals surface area contributed by atoms with E-state index >= 15 is 0 Å². The van der Waals surface area contributed by atoms with Crippen LogP contribution in [0.15, 0.2) is 23.8 Å². The quantitative estimate of drug-likeness (QED) is 0.486. The van der Waals surface area contributed by atoms with Gasteiger partial charge in [0.05, 0.1) is 6.61 Å². The largest absolute Gasteiger partial charge is 0.507 e. The lowest BCUT2D eigenvalue weighted by Crippen LogP contribution is -2.46. The van der Waals surface area contributed by atoms with Gasteiger partial charge in [-0.2, -0.15) is 0 Å². The van der Waals surface area contributed by atoms with Crippen LogP contribution in [0.4, 0.5) is 0 Å². The number of aryl methyl sites for hydroxylation is 1. The smallest absolute Gasteiger partial charge is 0.127 e. The Morgan fingerprint density at radius 2 is 2.00 bits per heavy atom. The topological polar surface area (TPSA) is 55.5 Å². The van der Waals surface area contributed by atoms with E-state index in [2.05, 4.69) is 32.9 Å². The Labute approximate surface area is 153 Å². The summed E-state index contributed by atoms with van der Waals surface area (Å²) in [6, 6.07) is 4.03. The Morgan fingerprint density at radius 1 is 1.24 bits per heavy atom. The fourth-order valence-electron chi connectivity index (χ4n) is 3.87. The number of nitrogens with two attached hydrogens (primary N) is 1. The Bertz CT molecular complexity index is 608. The zero-order chi connectivity index (χ0) is 18.4. The van der Waals surface area contributed by atoms with E-state index < -0.39 is 0 Å². The summed E-state index contributed by atoms with van der Waals surface area (Å²) >= 11 is 0. The fraction of sp³-hybridized carbons (Fsp3) is 0.636. The summed E-state index contributed by atoms with van der Waals surface area (Å²) in [4.78, 5) is 0. The van der Waals surface area contributed by atoms with E-state index in [1.165, 1.54) is 18.4 Å². The lowest BCUT2D eigenvalue weighted by atomic mass is 9.70. The highest BCUT2D eigenvalue weighted by Crippen LogP contribution is 2.47. The lowest BCUT2D eigenvalue weighted by Gasteiger charge is -2.40. The number of benzene rings is 1. The summed E-state index contributed by atoms with van der Waals surface area (Å²) in [6.45, 7) is 9.07. The summed E-state index contributed by atoms with van der Waals surface area (Å²) in [5.74, 6) is 1.13. The first kappa shape index (κ1) is 19.8. The molecule has 0 aliphatic heterocycles. The minimum Gasteiger partial charge on any atom is -0.507 e. The number of rotatable bonds is 8. The van der Waals surface area contributed by atoms with E-state index in [-0.39, 0.29) is 11.5 Å². The van der Waals surface area contributed by atoms with Crippen molar-refractivity contribution in [2.75, 3.05) is 6.61 Å². The third-order valence-electron chi connectivity index (χ3n) is 5.57. The maximum absolute atomic E-state index is 10.9. The van der Waals surface area contributed by atoms with Crippen LogP contribution in [0.3, 0.4) is 0 Å². The summed E-state index contributed by atoms with van der Waals surface area (Å²) in [5, 5.41) is 10.9. The molecule has 3 nitrogen and oxygen atoms in total. The van der Waals surface area contributed by atoms with Gasteiger partial charge in [-0.25, -0.2) is 0 Å². The molecule has 2 atom stereocenters. The van der Waals surface area contributed by atoms with Gasteiger partial charge in [-0.15, -0.1) is 0 Å². The molecular weight excluding hydrogens is 310 g/mol. The minimum atomic E-state index is -0.327. The van der Waals surface area contributed by atoms with Crippen LogP contribution in [0.2, 0.25) is 0 Å². The number of unbranched alkanes of at least 4 members (excludes halogenated alkanes) is 2. The van der Waals surface area contributed by atoms with E-state index in [1.807, 2.05) is 13.0 Å². The van der Waals surface area contributed by atoms with Gasteiger partial charge in [0.2, 0.25) is 0 Å². The number of aromatic hydroxyl groups is 1. The van der Waals surface area contributed by atoms with Crippen molar-refractivity contribution in [1.29, 1.82) is 0 Å². The molecule has 1 aromatic carbocycles. The highest BCUT2D eigenvalue weighted by Gasteiger charge is 2.38. The molecule has 0 saturated carbocycles. The second-order valence-corrected chi connectivity index (χ2v) is 7.49. The molecule has 0 unspecified atom stereocenters. The maximum Gasteiger partial charge on any atom is 0.127 e. The standard InChI is InChI=1S/C22H35NO2/c1-5-8-9-10-17-14-19(24)21(20(15-17)25-7-3)18-13-16(4)11-12-22(18,23)6-2/h13-15,18,24H,5-12,23H2,1-4H3/t18-,22-/m0/s1. The van der Waals surface area contributed by atoms with E-state index in [4.69, 9.17) is 10.5 Å². The molecule has 0 amide bonds. The molecule has 0 fully saturated rings. The van der Waals surface area contributed by atoms with E-state index in [0.29, 0.717) is 12.4 Å². The van der Waals surface area contributed by atoms with Gasteiger partial charge in [0.15, 0.2) is 0 Å². The van der Waals surface area contributed by atoms with Crippen LogP contribution < -0.4 is 10.5 Å². The molecule has 0 saturated heterocycles. The third kappa shape index (κ3) is 4.58. The molecule has 1 aromatic rings. The van der Waals surface area contributed by atoms with Gasteiger partial charge in [-0.3, -0.25) is 0 Å². The molecule has 3 heteroatoms. The molecule has 0 radical (unpaired) electrons. The predicted octanol–water partition coefficient (Wildman–Crippen LogP) is 5.45. The van der Waals surface area contributed by atoms with Crippen molar-refractivity contribution in [2.24, 2.45) is 5.73 Å². The number of phenols is 1. The van der Waals surface area contributed by atoms with E-state index in [9.17, 15) is 5.11 Å². The van der Waals surface area contributed by atoms with Crippen molar-refractivity contribution in [3.05, 3.63) is 34.9 Å². The summed E-state index contributed by atoms with van der Waals surface area (Å²) in [6.07, 6.45) is 9.61. The Morgan fingerprint density at radius 3 is 2.64 bits per heavy atom. The van der Waals surface area contributed by atoms with Gasteiger partial charge in [0.1, 0.15) is 11.5 Å². The van der Waals surface area contributed by atoms with Gasteiger partial charge in [-0.05, 0) is 63.6 Å². The van der Waals surface area contributed by atoms with E-state index in [1.54, 1.807) is 0 Å². The maximum atomic E-state index is 10.9. The number of allylic oxidation sites excluding steroid dienone is 1. The average molecular weight is 346 g/mol. The molecule has 0 spiro atoms. The second kappa shape index (κ2) is 8.75. The molecule has 0 bridgehead atoms. The van der Waals surface area contributed by atoms with Crippen LogP contribution in [0, 0.1) is 0 Å². The molecule has 0 heterocycles.